The molecule has 0 aromatic heterocycles. The summed E-state index contributed by atoms with van der Waals surface area (Å²) in [7, 11) is 0. The fourth-order valence-corrected chi connectivity index (χ4v) is 2.19. The molecule has 1 aliphatic carbocycles. The maximum Gasteiger partial charge on any atom is 0.319 e. The number of anilines is 1. The molecule has 1 aromatic rings. The van der Waals surface area contributed by atoms with Crippen LogP contribution in [0, 0.1) is 5.92 Å². The van der Waals surface area contributed by atoms with Gasteiger partial charge in [-0.25, -0.2) is 13.6 Å². The maximum atomic E-state index is 12.2. The first kappa shape index (κ1) is 16.2. The van der Waals surface area contributed by atoms with E-state index in [4.69, 9.17) is 9.84 Å². The minimum atomic E-state index is -2.58. The molecule has 1 aliphatic rings. The summed E-state index contributed by atoms with van der Waals surface area (Å²) in [5.74, 6) is 0.236. The van der Waals surface area contributed by atoms with Gasteiger partial charge in [0.1, 0.15) is 12.4 Å². The quantitative estimate of drug-likeness (QED) is 0.706. The Bertz CT molecular complexity index is 537. The molecule has 2 amide bonds. The van der Waals surface area contributed by atoms with Crippen molar-refractivity contribution in [3.8, 4) is 5.75 Å². The van der Waals surface area contributed by atoms with E-state index in [2.05, 4.69) is 10.6 Å². The smallest absolute Gasteiger partial charge is 0.319 e. The van der Waals surface area contributed by atoms with Crippen molar-refractivity contribution in [2.45, 2.75) is 18.9 Å². The van der Waals surface area contributed by atoms with Gasteiger partial charge in [0.05, 0.1) is 5.69 Å². The van der Waals surface area contributed by atoms with E-state index in [1.54, 1.807) is 18.2 Å². The summed E-state index contributed by atoms with van der Waals surface area (Å²) in [5, 5.41) is 14.3. The number of urea groups is 1. The van der Waals surface area contributed by atoms with Crippen LogP contribution in [-0.4, -0.2) is 36.8 Å². The molecule has 2 atom stereocenters. The van der Waals surface area contributed by atoms with Crippen molar-refractivity contribution in [3.05, 3.63) is 36.4 Å². The molecule has 3 N–H and O–H groups in total. The highest BCUT2D eigenvalue weighted by atomic mass is 19.3. The number of carbonyl (C=O) groups excluding carboxylic acids is 1. The van der Waals surface area contributed by atoms with Gasteiger partial charge in [-0.3, -0.25) is 0 Å². The second-order valence-electron chi connectivity index (χ2n) is 4.97. The Morgan fingerprint density at radius 2 is 2.14 bits per heavy atom. The number of amides is 2. The van der Waals surface area contributed by atoms with Crippen LogP contribution in [0.25, 0.3) is 0 Å². The van der Waals surface area contributed by atoms with Gasteiger partial charge in [0.2, 0.25) is 0 Å². The van der Waals surface area contributed by atoms with Crippen LogP contribution >= 0.6 is 0 Å². The number of aliphatic hydroxyl groups is 1. The van der Waals surface area contributed by atoms with Crippen LogP contribution in [0.15, 0.2) is 36.4 Å². The predicted octanol–water partition coefficient (Wildman–Crippen LogP) is 2.39. The molecule has 1 aromatic carbocycles. The highest BCUT2D eigenvalue weighted by Gasteiger charge is 2.20. The van der Waals surface area contributed by atoms with Crippen LogP contribution < -0.4 is 15.4 Å². The van der Waals surface area contributed by atoms with Crippen LogP contribution in [-0.2, 0) is 0 Å². The molecule has 120 valence electrons. The minimum Gasteiger partial charge on any atom is -0.485 e. The van der Waals surface area contributed by atoms with Crippen molar-refractivity contribution >= 4 is 11.7 Å². The third kappa shape index (κ3) is 4.70. The molecule has 0 bridgehead atoms. The first-order valence-corrected chi connectivity index (χ1v) is 6.95. The van der Waals surface area contributed by atoms with Crippen LogP contribution in [0.1, 0.15) is 6.42 Å². The molecule has 22 heavy (non-hydrogen) atoms. The molecule has 0 fully saturated rings. The molecular formula is C15H18F2N2O3. The second-order valence-corrected chi connectivity index (χ2v) is 4.97. The molecule has 0 unspecified atom stereocenters. The summed E-state index contributed by atoms with van der Waals surface area (Å²) in [6, 6.07) is 5.77. The number of alkyl halides is 2. The maximum absolute atomic E-state index is 12.2. The van der Waals surface area contributed by atoms with Crippen molar-refractivity contribution < 1.29 is 23.4 Å². The van der Waals surface area contributed by atoms with E-state index in [1.165, 1.54) is 6.07 Å². The first-order valence-electron chi connectivity index (χ1n) is 6.95. The summed E-state index contributed by atoms with van der Waals surface area (Å²) in [6.45, 7) is -0.690. The Morgan fingerprint density at radius 3 is 2.82 bits per heavy atom. The van der Waals surface area contributed by atoms with Gasteiger partial charge >= 0.3 is 6.03 Å². The standard InChI is InChI=1S/C15H18F2N2O3/c16-14(17)9-22-13-4-2-1-3-12(13)19-15(21)18-11-6-5-10(7-11)8-20/h1-6,10-11,14,20H,7-9H2,(H2,18,19,21)/t10-,11+/m0/s1. The number of hydrogen-bond donors (Lipinski definition) is 3. The monoisotopic (exact) mass is 312 g/mol. The Balaban J connectivity index is 1.90. The zero-order chi connectivity index (χ0) is 15.9. The van der Waals surface area contributed by atoms with Crippen molar-refractivity contribution in [1.29, 1.82) is 0 Å². The number of aliphatic hydroxyl groups excluding tert-OH is 1. The Morgan fingerprint density at radius 1 is 1.36 bits per heavy atom. The van der Waals surface area contributed by atoms with Gasteiger partial charge in [-0.05, 0) is 18.6 Å². The van der Waals surface area contributed by atoms with E-state index >= 15 is 0 Å². The van der Waals surface area contributed by atoms with Crippen LogP contribution in [0.4, 0.5) is 19.3 Å². The number of hydrogen-bond acceptors (Lipinski definition) is 3. The van der Waals surface area contributed by atoms with E-state index in [9.17, 15) is 13.6 Å². The molecule has 2 rings (SSSR count). The molecule has 5 nitrogen and oxygen atoms in total. The molecule has 0 radical (unpaired) electrons. The van der Waals surface area contributed by atoms with Gasteiger partial charge in [0.25, 0.3) is 6.43 Å². The van der Waals surface area contributed by atoms with Gasteiger partial charge in [0, 0.05) is 18.6 Å². The van der Waals surface area contributed by atoms with E-state index in [-0.39, 0.29) is 24.3 Å². The molecule has 7 heteroatoms. The summed E-state index contributed by atoms with van der Waals surface area (Å²) < 4.78 is 29.4. The molecule has 0 saturated carbocycles. The van der Waals surface area contributed by atoms with Crippen LogP contribution in [0.2, 0.25) is 0 Å². The van der Waals surface area contributed by atoms with E-state index in [1.807, 2.05) is 12.2 Å². The number of nitrogens with one attached hydrogen (secondary N) is 2. The summed E-state index contributed by atoms with van der Waals surface area (Å²) in [5.41, 5.74) is 0.321. The summed E-state index contributed by atoms with van der Waals surface area (Å²) in [4.78, 5) is 11.9. The average molecular weight is 312 g/mol. The molecular weight excluding hydrogens is 294 g/mol. The number of ether oxygens (including phenoxy) is 1. The largest absolute Gasteiger partial charge is 0.485 e. The fourth-order valence-electron chi connectivity index (χ4n) is 2.19. The van der Waals surface area contributed by atoms with Crippen LogP contribution in [0.5, 0.6) is 5.75 Å². The topological polar surface area (TPSA) is 70.6 Å². The Hall–Kier alpha value is -2.15. The SMILES string of the molecule is O=C(Nc1ccccc1OCC(F)F)N[C@@H]1C=C[C@H](CO)C1. The highest BCUT2D eigenvalue weighted by molar-refractivity contribution is 5.91. The lowest BCUT2D eigenvalue weighted by Gasteiger charge is -2.15. The molecule has 0 spiro atoms. The third-order valence-corrected chi connectivity index (χ3v) is 3.22. The lowest BCUT2D eigenvalue weighted by atomic mass is 10.1. The molecule has 0 heterocycles. The Kier molecular flexibility index (Phi) is 5.71. The predicted molar refractivity (Wildman–Crippen MR) is 78.2 cm³/mol. The van der Waals surface area contributed by atoms with E-state index in [0.717, 1.165) is 0 Å². The Labute approximate surface area is 127 Å². The van der Waals surface area contributed by atoms with Gasteiger partial charge in [-0.2, -0.15) is 0 Å². The third-order valence-electron chi connectivity index (χ3n) is 3.22. The van der Waals surface area contributed by atoms with Crippen molar-refractivity contribution in [3.63, 3.8) is 0 Å². The van der Waals surface area contributed by atoms with E-state index in [0.29, 0.717) is 12.1 Å². The van der Waals surface area contributed by atoms with Gasteiger partial charge in [-0.15, -0.1) is 0 Å². The number of benzene rings is 1. The van der Waals surface area contributed by atoms with Gasteiger partial charge in [0.15, 0.2) is 0 Å². The van der Waals surface area contributed by atoms with Crippen molar-refractivity contribution in [2.75, 3.05) is 18.5 Å². The fraction of sp³-hybridized carbons (Fsp3) is 0.400. The normalized spacial score (nSPS) is 20.2. The first-order chi connectivity index (χ1) is 10.6. The minimum absolute atomic E-state index is 0.0423. The highest BCUT2D eigenvalue weighted by Crippen LogP contribution is 2.24. The lowest BCUT2D eigenvalue weighted by Crippen LogP contribution is -2.36. The summed E-state index contributed by atoms with van der Waals surface area (Å²) >= 11 is 0. The number of rotatable bonds is 6. The summed E-state index contributed by atoms with van der Waals surface area (Å²) in [6.07, 6.45) is 1.72. The number of carbonyl (C=O) groups is 1. The number of para-hydroxylation sites is 2. The van der Waals surface area contributed by atoms with Gasteiger partial charge in [-0.1, -0.05) is 24.3 Å². The van der Waals surface area contributed by atoms with E-state index < -0.39 is 19.1 Å². The van der Waals surface area contributed by atoms with Crippen LogP contribution in [0.3, 0.4) is 0 Å². The zero-order valence-corrected chi connectivity index (χ0v) is 11.8. The lowest BCUT2D eigenvalue weighted by molar-refractivity contribution is 0.0823. The van der Waals surface area contributed by atoms with Gasteiger partial charge < -0.3 is 20.5 Å². The van der Waals surface area contributed by atoms with Crippen molar-refractivity contribution in [1.82, 2.24) is 5.32 Å². The zero-order valence-electron chi connectivity index (χ0n) is 11.8. The molecule has 0 aliphatic heterocycles. The molecule has 0 saturated heterocycles. The number of halogens is 2. The second kappa shape index (κ2) is 7.74. The average Bonchev–Trinajstić information content (AvgIpc) is 2.93. The van der Waals surface area contributed by atoms with Crippen molar-refractivity contribution in [2.24, 2.45) is 5.92 Å².